The lowest BCUT2D eigenvalue weighted by molar-refractivity contribution is 0.103. The van der Waals surface area contributed by atoms with Crippen molar-refractivity contribution in [1.29, 1.82) is 0 Å². The van der Waals surface area contributed by atoms with Gasteiger partial charge in [-0.05, 0) is 46.6 Å². The fraction of sp³-hybridized carbons (Fsp3) is 0.0714. The molecule has 0 bridgehead atoms. The van der Waals surface area contributed by atoms with E-state index in [-0.39, 0.29) is 5.56 Å². The minimum atomic E-state index is -0.762. The van der Waals surface area contributed by atoms with Gasteiger partial charge in [0.2, 0.25) is 0 Å². The van der Waals surface area contributed by atoms with E-state index in [0.717, 1.165) is 23.8 Å². The first-order valence-corrected chi connectivity index (χ1v) is 6.04. The highest BCUT2D eigenvalue weighted by Gasteiger charge is 2.15. The molecule has 0 amide bonds. The van der Waals surface area contributed by atoms with Crippen LogP contribution in [0.15, 0.2) is 40.9 Å². The van der Waals surface area contributed by atoms with Crippen molar-refractivity contribution < 1.29 is 13.6 Å². The van der Waals surface area contributed by atoms with Gasteiger partial charge in [-0.15, -0.1) is 0 Å². The van der Waals surface area contributed by atoms with Crippen molar-refractivity contribution in [2.24, 2.45) is 0 Å². The lowest BCUT2D eigenvalue weighted by atomic mass is 10.0. The van der Waals surface area contributed by atoms with E-state index < -0.39 is 17.4 Å². The minimum absolute atomic E-state index is 0.00111. The molecule has 0 radical (unpaired) electrons. The lowest BCUT2D eigenvalue weighted by Crippen LogP contribution is -2.04. The molecule has 0 saturated carbocycles. The molecule has 1 nitrogen and oxygen atoms in total. The molecule has 0 heterocycles. The van der Waals surface area contributed by atoms with Gasteiger partial charge in [0.15, 0.2) is 5.78 Å². The summed E-state index contributed by atoms with van der Waals surface area (Å²) < 4.78 is 26.8. The van der Waals surface area contributed by atoms with Gasteiger partial charge in [-0.3, -0.25) is 4.79 Å². The van der Waals surface area contributed by atoms with Crippen molar-refractivity contribution in [3.05, 3.63) is 69.2 Å². The van der Waals surface area contributed by atoms with Crippen molar-refractivity contribution >= 4 is 21.7 Å². The van der Waals surface area contributed by atoms with Gasteiger partial charge < -0.3 is 0 Å². The monoisotopic (exact) mass is 310 g/mol. The molecule has 4 heteroatoms. The van der Waals surface area contributed by atoms with E-state index in [1.54, 1.807) is 12.1 Å². The van der Waals surface area contributed by atoms with E-state index in [4.69, 9.17) is 0 Å². The number of rotatable bonds is 2. The van der Waals surface area contributed by atoms with Crippen LogP contribution in [0, 0.1) is 18.6 Å². The van der Waals surface area contributed by atoms with Crippen LogP contribution in [-0.4, -0.2) is 5.78 Å². The topological polar surface area (TPSA) is 17.1 Å². The van der Waals surface area contributed by atoms with Crippen LogP contribution < -0.4 is 0 Å². The fourth-order valence-electron chi connectivity index (χ4n) is 1.66. The first kappa shape index (κ1) is 12.9. The maximum absolute atomic E-state index is 13.1. The third kappa shape index (κ3) is 2.48. The zero-order chi connectivity index (χ0) is 13.3. The predicted molar refractivity (Wildman–Crippen MR) is 68.7 cm³/mol. The largest absolute Gasteiger partial charge is 0.289 e. The van der Waals surface area contributed by atoms with Crippen LogP contribution >= 0.6 is 15.9 Å². The number of hydrogen-bond acceptors (Lipinski definition) is 1. The molecule has 0 unspecified atom stereocenters. The highest BCUT2D eigenvalue weighted by atomic mass is 79.9. The van der Waals surface area contributed by atoms with E-state index in [1.807, 2.05) is 13.0 Å². The van der Waals surface area contributed by atoms with Crippen LogP contribution in [0.1, 0.15) is 21.5 Å². The molecule has 0 saturated heterocycles. The average molecular weight is 311 g/mol. The molecule has 0 aliphatic carbocycles. The standard InChI is InChI=1S/C14H9BrF2O/c1-8-3-2-4-12(13(8)15)14(18)9-5-10(16)7-11(17)6-9/h2-7H,1H3. The Kier molecular flexibility index (Phi) is 3.57. The zero-order valence-electron chi connectivity index (χ0n) is 9.51. The molecule has 0 aromatic heterocycles. The third-order valence-electron chi connectivity index (χ3n) is 2.56. The zero-order valence-corrected chi connectivity index (χ0v) is 11.1. The number of hydrogen-bond donors (Lipinski definition) is 0. The van der Waals surface area contributed by atoms with Crippen LogP contribution in [0.2, 0.25) is 0 Å². The van der Waals surface area contributed by atoms with Crippen LogP contribution in [-0.2, 0) is 0 Å². The molecule has 92 valence electrons. The summed E-state index contributed by atoms with van der Waals surface area (Å²) in [5.41, 5.74) is 1.27. The van der Waals surface area contributed by atoms with Gasteiger partial charge in [-0.1, -0.05) is 12.1 Å². The van der Waals surface area contributed by atoms with E-state index >= 15 is 0 Å². The van der Waals surface area contributed by atoms with E-state index in [0.29, 0.717) is 10.0 Å². The van der Waals surface area contributed by atoms with Crippen molar-refractivity contribution in [3.8, 4) is 0 Å². The highest BCUT2D eigenvalue weighted by Crippen LogP contribution is 2.24. The summed E-state index contributed by atoms with van der Waals surface area (Å²) in [7, 11) is 0. The molecular weight excluding hydrogens is 302 g/mol. The van der Waals surface area contributed by atoms with E-state index in [1.165, 1.54) is 0 Å². The first-order chi connectivity index (χ1) is 8.49. The molecule has 0 aliphatic heterocycles. The SMILES string of the molecule is Cc1cccc(C(=O)c2cc(F)cc(F)c2)c1Br. The lowest BCUT2D eigenvalue weighted by Gasteiger charge is -2.06. The second kappa shape index (κ2) is 4.98. The number of aryl methyl sites for hydroxylation is 1. The average Bonchev–Trinajstić information content (AvgIpc) is 2.30. The Hall–Kier alpha value is -1.55. The molecule has 2 rings (SSSR count). The Morgan fingerprint density at radius 1 is 1.11 bits per heavy atom. The normalized spacial score (nSPS) is 10.4. The molecular formula is C14H9BrF2O. The van der Waals surface area contributed by atoms with Gasteiger partial charge in [-0.2, -0.15) is 0 Å². The number of halogens is 3. The summed E-state index contributed by atoms with van der Waals surface area (Å²) >= 11 is 3.31. The smallest absolute Gasteiger partial charge is 0.194 e. The van der Waals surface area contributed by atoms with Gasteiger partial charge >= 0.3 is 0 Å². The maximum atomic E-state index is 13.1. The maximum Gasteiger partial charge on any atom is 0.194 e. The second-order valence-electron chi connectivity index (χ2n) is 3.92. The Morgan fingerprint density at radius 3 is 2.33 bits per heavy atom. The van der Waals surface area contributed by atoms with E-state index in [2.05, 4.69) is 15.9 Å². The van der Waals surface area contributed by atoms with Gasteiger partial charge in [0.25, 0.3) is 0 Å². The summed E-state index contributed by atoms with van der Waals surface area (Å²) in [6, 6.07) is 7.97. The second-order valence-corrected chi connectivity index (χ2v) is 4.72. The first-order valence-electron chi connectivity index (χ1n) is 5.25. The van der Waals surface area contributed by atoms with Gasteiger partial charge in [0.05, 0.1) is 0 Å². The Morgan fingerprint density at radius 2 is 1.72 bits per heavy atom. The Labute approximate surface area is 112 Å². The fourth-order valence-corrected chi connectivity index (χ4v) is 2.11. The summed E-state index contributed by atoms with van der Waals surface area (Å²) in [4.78, 5) is 12.2. The van der Waals surface area contributed by atoms with Crippen molar-refractivity contribution in [1.82, 2.24) is 0 Å². The molecule has 0 aliphatic rings. The van der Waals surface area contributed by atoms with Gasteiger partial charge in [0, 0.05) is 21.7 Å². The molecule has 2 aromatic rings. The van der Waals surface area contributed by atoms with Crippen LogP contribution in [0.5, 0.6) is 0 Å². The number of benzene rings is 2. The Balaban J connectivity index is 2.51. The van der Waals surface area contributed by atoms with Crippen molar-refractivity contribution in [3.63, 3.8) is 0 Å². The van der Waals surface area contributed by atoms with Crippen LogP contribution in [0.4, 0.5) is 8.78 Å². The van der Waals surface area contributed by atoms with Crippen LogP contribution in [0.25, 0.3) is 0 Å². The summed E-state index contributed by atoms with van der Waals surface area (Å²) in [6.45, 7) is 1.84. The van der Waals surface area contributed by atoms with Gasteiger partial charge in [-0.25, -0.2) is 8.78 Å². The van der Waals surface area contributed by atoms with Crippen molar-refractivity contribution in [2.45, 2.75) is 6.92 Å². The van der Waals surface area contributed by atoms with Crippen LogP contribution in [0.3, 0.4) is 0 Å². The Bertz CT molecular complexity index is 603. The quantitative estimate of drug-likeness (QED) is 0.757. The summed E-state index contributed by atoms with van der Waals surface area (Å²) in [5.74, 6) is -1.94. The summed E-state index contributed by atoms with van der Waals surface area (Å²) in [6.07, 6.45) is 0. The number of ketones is 1. The molecule has 18 heavy (non-hydrogen) atoms. The number of carbonyl (C=O) groups is 1. The third-order valence-corrected chi connectivity index (χ3v) is 3.61. The number of carbonyl (C=O) groups excluding carboxylic acids is 1. The molecule has 0 spiro atoms. The predicted octanol–water partition coefficient (Wildman–Crippen LogP) is 4.27. The molecule has 2 aromatic carbocycles. The minimum Gasteiger partial charge on any atom is -0.289 e. The highest BCUT2D eigenvalue weighted by molar-refractivity contribution is 9.10. The molecule has 0 N–H and O–H groups in total. The summed E-state index contributed by atoms with van der Waals surface area (Å²) in [5, 5.41) is 0. The molecule has 0 atom stereocenters. The van der Waals surface area contributed by atoms with Gasteiger partial charge in [0.1, 0.15) is 11.6 Å². The molecule has 0 fully saturated rings. The van der Waals surface area contributed by atoms with E-state index in [9.17, 15) is 13.6 Å². The van der Waals surface area contributed by atoms with Crippen molar-refractivity contribution in [2.75, 3.05) is 0 Å².